The Balaban J connectivity index is 2.10. The molecule has 0 radical (unpaired) electrons. The van der Waals surface area contributed by atoms with Crippen LogP contribution in [0.15, 0.2) is 0 Å². The fourth-order valence-electron chi connectivity index (χ4n) is 1.99. The van der Waals surface area contributed by atoms with Gasteiger partial charge in [-0.1, -0.05) is 0 Å². The average Bonchev–Trinajstić information content (AvgIpc) is 2.34. The Kier molecular flexibility index (Phi) is 3.00. The lowest BCUT2D eigenvalue weighted by Crippen LogP contribution is -2.74. The van der Waals surface area contributed by atoms with Gasteiger partial charge in [-0.15, -0.1) is 11.8 Å². The van der Waals surface area contributed by atoms with Crippen molar-refractivity contribution in [1.29, 1.82) is 0 Å². The summed E-state index contributed by atoms with van der Waals surface area (Å²) in [5, 5.41) is 11.4. The fraction of sp³-hybridized carbons (Fsp3) is 0.667. The van der Waals surface area contributed by atoms with Crippen molar-refractivity contribution < 1.29 is 24.2 Å². The van der Waals surface area contributed by atoms with Crippen molar-refractivity contribution in [3.63, 3.8) is 0 Å². The zero-order valence-electron chi connectivity index (χ0n) is 9.08. The van der Waals surface area contributed by atoms with E-state index in [2.05, 4.69) is 5.32 Å². The minimum Gasteiger partial charge on any atom is -0.479 e. The van der Waals surface area contributed by atoms with Crippen molar-refractivity contribution in [1.82, 2.24) is 10.2 Å². The number of β-lactam (4-membered cyclic amide) rings is 1. The van der Waals surface area contributed by atoms with Crippen molar-refractivity contribution in [3.8, 4) is 0 Å². The van der Waals surface area contributed by atoms with Gasteiger partial charge in [0.2, 0.25) is 12.3 Å². The standard InChI is InChI=1S/C9H12N2O5S/c1-16-9(8(14)15)2-11-6(13)5(10-4-12)7(11)17-3-9/h4-5,7H,2-3H2,1H3,(H,10,12)(H,14,15)/t5?,7-,9?/m1/s1. The maximum Gasteiger partial charge on any atom is 0.338 e. The van der Waals surface area contributed by atoms with Crippen LogP contribution in [0, 0.1) is 0 Å². The molecule has 3 atom stereocenters. The van der Waals surface area contributed by atoms with Crippen molar-refractivity contribution in [3.05, 3.63) is 0 Å². The molecule has 8 heteroatoms. The molecule has 2 saturated heterocycles. The van der Waals surface area contributed by atoms with Gasteiger partial charge in [-0.2, -0.15) is 0 Å². The molecule has 0 aromatic heterocycles. The normalized spacial score (nSPS) is 35.8. The lowest BCUT2D eigenvalue weighted by atomic mass is 9.99. The Morgan fingerprint density at radius 2 is 2.47 bits per heavy atom. The number of thioether (sulfide) groups is 1. The van der Waals surface area contributed by atoms with Crippen LogP contribution in [0.1, 0.15) is 0 Å². The van der Waals surface area contributed by atoms with Crippen LogP contribution < -0.4 is 5.32 Å². The number of rotatable bonds is 4. The Labute approximate surface area is 101 Å². The molecule has 0 aliphatic carbocycles. The molecule has 2 unspecified atom stereocenters. The molecule has 0 aromatic rings. The number of nitrogens with zero attached hydrogens (tertiary/aromatic N) is 1. The average molecular weight is 260 g/mol. The minimum atomic E-state index is -1.34. The SMILES string of the molecule is COC1(C(=O)O)CS[C@@H]2C(NC=O)C(=O)N2C1. The highest BCUT2D eigenvalue weighted by Crippen LogP contribution is 2.39. The number of fused-ring (bicyclic) bond motifs is 1. The molecule has 0 aromatic carbocycles. The van der Waals surface area contributed by atoms with Gasteiger partial charge in [0.25, 0.3) is 0 Å². The second kappa shape index (κ2) is 4.19. The Bertz CT molecular complexity index is 376. The quantitative estimate of drug-likeness (QED) is 0.471. The van der Waals surface area contributed by atoms with Crippen LogP contribution in [0.3, 0.4) is 0 Å². The highest BCUT2D eigenvalue weighted by Gasteiger charge is 2.57. The van der Waals surface area contributed by atoms with E-state index in [0.717, 1.165) is 0 Å². The molecular weight excluding hydrogens is 248 g/mol. The van der Waals surface area contributed by atoms with Gasteiger partial charge in [-0.05, 0) is 0 Å². The van der Waals surface area contributed by atoms with Gasteiger partial charge in [0.1, 0.15) is 11.4 Å². The topological polar surface area (TPSA) is 95.9 Å². The van der Waals surface area contributed by atoms with E-state index in [9.17, 15) is 14.4 Å². The summed E-state index contributed by atoms with van der Waals surface area (Å²) in [5.41, 5.74) is -1.34. The Hall–Kier alpha value is -1.28. The molecule has 2 N–H and O–H groups in total. The van der Waals surface area contributed by atoms with E-state index in [4.69, 9.17) is 9.84 Å². The monoisotopic (exact) mass is 260 g/mol. The van der Waals surface area contributed by atoms with Crippen LogP contribution >= 0.6 is 11.8 Å². The zero-order chi connectivity index (χ0) is 12.6. The number of hydrogen-bond donors (Lipinski definition) is 2. The van der Waals surface area contributed by atoms with E-state index in [1.165, 1.54) is 23.8 Å². The third-order valence-corrected chi connectivity index (χ3v) is 4.58. The number of aliphatic carboxylic acids is 1. The summed E-state index contributed by atoms with van der Waals surface area (Å²) in [6.45, 7) is 0.0202. The smallest absolute Gasteiger partial charge is 0.338 e. The van der Waals surface area contributed by atoms with Gasteiger partial charge < -0.3 is 20.1 Å². The number of nitrogens with one attached hydrogen (secondary N) is 1. The molecule has 7 nitrogen and oxygen atoms in total. The minimum absolute atomic E-state index is 0.0202. The zero-order valence-corrected chi connectivity index (χ0v) is 9.90. The predicted octanol–water partition coefficient (Wildman–Crippen LogP) is -1.51. The van der Waals surface area contributed by atoms with Crippen molar-refractivity contribution >= 4 is 30.0 Å². The van der Waals surface area contributed by atoms with Crippen molar-refractivity contribution in [2.24, 2.45) is 0 Å². The molecule has 2 heterocycles. The molecule has 94 valence electrons. The fourth-order valence-corrected chi connectivity index (χ4v) is 3.50. The van der Waals surface area contributed by atoms with Gasteiger partial charge in [0, 0.05) is 12.9 Å². The Morgan fingerprint density at radius 1 is 1.76 bits per heavy atom. The van der Waals surface area contributed by atoms with E-state index in [1.807, 2.05) is 0 Å². The van der Waals surface area contributed by atoms with E-state index >= 15 is 0 Å². The first-order valence-electron chi connectivity index (χ1n) is 4.96. The van der Waals surface area contributed by atoms with Gasteiger partial charge in [-0.3, -0.25) is 9.59 Å². The van der Waals surface area contributed by atoms with E-state index in [0.29, 0.717) is 6.41 Å². The summed E-state index contributed by atoms with van der Waals surface area (Å²) < 4.78 is 5.03. The lowest BCUT2D eigenvalue weighted by Gasteiger charge is -2.52. The number of methoxy groups -OCH3 is 1. The molecule has 2 aliphatic heterocycles. The highest BCUT2D eigenvalue weighted by molar-refractivity contribution is 8.00. The highest BCUT2D eigenvalue weighted by atomic mass is 32.2. The number of ether oxygens (including phenoxy) is 1. The number of carboxylic acids is 1. The van der Waals surface area contributed by atoms with E-state index in [-0.39, 0.29) is 23.6 Å². The number of amides is 2. The molecular formula is C9H12N2O5S. The summed E-state index contributed by atoms with van der Waals surface area (Å²) in [6.07, 6.45) is 0.482. The molecule has 2 fully saturated rings. The third-order valence-electron chi connectivity index (χ3n) is 3.08. The first-order chi connectivity index (χ1) is 8.05. The molecule has 2 amide bonds. The van der Waals surface area contributed by atoms with Gasteiger partial charge in [-0.25, -0.2) is 4.79 Å². The molecule has 0 bridgehead atoms. The molecule has 2 rings (SSSR count). The van der Waals surface area contributed by atoms with Gasteiger partial charge in [0.15, 0.2) is 5.60 Å². The second-order valence-electron chi connectivity index (χ2n) is 3.93. The second-order valence-corrected chi connectivity index (χ2v) is 5.04. The molecule has 0 saturated carbocycles. The van der Waals surface area contributed by atoms with Gasteiger partial charge in [0.05, 0.1) is 6.54 Å². The molecule has 0 spiro atoms. The number of hydrogen-bond acceptors (Lipinski definition) is 5. The summed E-state index contributed by atoms with van der Waals surface area (Å²) in [5.74, 6) is -1.09. The van der Waals surface area contributed by atoms with Crippen molar-refractivity contribution in [2.45, 2.75) is 17.0 Å². The van der Waals surface area contributed by atoms with E-state index in [1.54, 1.807) is 0 Å². The number of carboxylic acid groups (broad SMARTS) is 1. The predicted molar refractivity (Wildman–Crippen MR) is 58.3 cm³/mol. The van der Waals surface area contributed by atoms with Crippen LogP contribution in [0.2, 0.25) is 0 Å². The maximum absolute atomic E-state index is 11.7. The number of carbonyl (C=O) groups excluding carboxylic acids is 2. The largest absolute Gasteiger partial charge is 0.479 e. The summed E-state index contributed by atoms with van der Waals surface area (Å²) in [7, 11) is 1.32. The van der Waals surface area contributed by atoms with Crippen molar-refractivity contribution in [2.75, 3.05) is 19.4 Å². The van der Waals surface area contributed by atoms with Crippen LogP contribution in [0.4, 0.5) is 0 Å². The molecule has 17 heavy (non-hydrogen) atoms. The van der Waals surface area contributed by atoms with Gasteiger partial charge >= 0.3 is 5.97 Å². The lowest BCUT2D eigenvalue weighted by molar-refractivity contribution is -0.170. The summed E-state index contributed by atoms with van der Waals surface area (Å²) in [4.78, 5) is 34.5. The maximum atomic E-state index is 11.7. The van der Waals surface area contributed by atoms with Crippen LogP contribution in [-0.4, -0.2) is 64.7 Å². The molecule has 2 aliphatic rings. The van der Waals surface area contributed by atoms with Crippen LogP contribution in [0.25, 0.3) is 0 Å². The third kappa shape index (κ3) is 1.67. The Morgan fingerprint density at radius 3 is 3.00 bits per heavy atom. The van der Waals surface area contributed by atoms with E-state index < -0.39 is 17.6 Å². The van der Waals surface area contributed by atoms with Crippen LogP contribution in [0.5, 0.6) is 0 Å². The summed E-state index contributed by atoms with van der Waals surface area (Å²) in [6, 6.07) is -0.541. The first kappa shape index (κ1) is 12.2. The first-order valence-corrected chi connectivity index (χ1v) is 6.01. The summed E-state index contributed by atoms with van der Waals surface area (Å²) >= 11 is 1.30. The van der Waals surface area contributed by atoms with Crippen LogP contribution in [-0.2, 0) is 19.1 Å². The number of carbonyl (C=O) groups is 3.